The summed E-state index contributed by atoms with van der Waals surface area (Å²) in [7, 11) is 0. The molecule has 0 unspecified atom stereocenters. The highest BCUT2D eigenvalue weighted by molar-refractivity contribution is 5.85. The zero-order valence-electron chi connectivity index (χ0n) is 8.80. The maximum absolute atomic E-state index is 9.72. The largest absolute Gasteiger partial charge is 0.394 e. The molecule has 1 aliphatic heterocycles. The van der Waals surface area contributed by atoms with Crippen LogP contribution in [0.15, 0.2) is 12.4 Å². The van der Waals surface area contributed by atoms with Gasteiger partial charge in [0.1, 0.15) is 36.3 Å². The first-order valence-corrected chi connectivity index (χ1v) is 4.95. The summed E-state index contributed by atoms with van der Waals surface area (Å²) in [5.41, 5.74) is 0. The van der Waals surface area contributed by atoms with Crippen molar-refractivity contribution in [1.82, 2.24) is 9.97 Å². The minimum Gasteiger partial charge on any atom is -0.394 e. The summed E-state index contributed by atoms with van der Waals surface area (Å²) in [4.78, 5) is 6.65. The lowest BCUT2D eigenvalue weighted by atomic mass is 9.95. The fourth-order valence-corrected chi connectivity index (χ4v) is 1.76. The van der Waals surface area contributed by atoms with E-state index in [1.165, 1.54) is 6.20 Å². The molecule has 0 saturated carbocycles. The third-order valence-electron chi connectivity index (χ3n) is 2.68. The first kappa shape index (κ1) is 14.4. The van der Waals surface area contributed by atoms with Crippen LogP contribution in [-0.4, -0.2) is 61.4 Å². The van der Waals surface area contributed by atoms with E-state index < -0.39 is 37.1 Å². The molecule has 8 heteroatoms. The van der Waals surface area contributed by atoms with Crippen molar-refractivity contribution < 1.29 is 25.2 Å². The van der Waals surface area contributed by atoms with E-state index >= 15 is 0 Å². The van der Waals surface area contributed by atoms with Crippen LogP contribution in [0.1, 0.15) is 11.9 Å². The first-order valence-electron chi connectivity index (χ1n) is 4.95. The summed E-state index contributed by atoms with van der Waals surface area (Å²) in [5, 5.41) is 37.8. The maximum Gasteiger partial charge on any atom is 0.144 e. The predicted molar refractivity (Wildman–Crippen MR) is 58.6 cm³/mol. The number of aromatic amines is 1. The molecule has 2 heterocycles. The molecular formula is C9H15ClN2O5. The average molecular weight is 267 g/mol. The molecule has 1 fully saturated rings. The molecule has 17 heavy (non-hydrogen) atoms. The van der Waals surface area contributed by atoms with Gasteiger partial charge in [0.2, 0.25) is 0 Å². The second-order valence-electron chi connectivity index (χ2n) is 3.72. The minimum absolute atomic E-state index is 0. The second-order valence-corrected chi connectivity index (χ2v) is 3.72. The molecule has 0 aliphatic carbocycles. The van der Waals surface area contributed by atoms with E-state index in [4.69, 9.17) is 9.84 Å². The van der Waals surface area contributed by atoms with Gasteiger partial charge in [-0.3, -0.25) is 0 Å². The van der Waals surface area contributed by atoms with E-state index in [0.29, 0.717) is 5.82 Å². The number of rotatable bonds is 2. The number of halogens is 1. The van der Waals surface area contributed by atoms with Crippen LogP contribution in [0.25, 0.3) is 0 Å². The van der Waals surface area contributed by atoms with E-state index in [9.17, 15) is 15.3 Å². The molecule has 0 amide bonds. The summed E-state index contributed by atoms with van der Waals surface area (Å²) < 4.78 is 5.27. The molecule has 1 saturated heterocycles. The highest BCUT2D eigenvalue weighted by Crippen LogP contribution is 2.30. The van der Waals surface area contributed by atoms with Crippen molar-refractivity contribution in [3.05, 3.63) is 18.2 Å². The van der Waals surface area contributed by atoms with Gasteiger partial charge in [-0.2, -0.15) is 0 Å². The Labute approximate surface area is 103 Å². The van der Waals surface area contributed by atoms with Crippen LogP contribution >= 0.6 is 12.4 Å². The Morgan fingerprint density at radius 3 is 2.47 bits per heavy atom. The van der Waals surface area contributed by atoms with Crippen molar-refractivity contribution in [2.75, 3.05) is 6.61 Å². The number of aromatic nitrogens is 2. The second kappa shape index (κ2) is 5.76. The summed E-state index contributed by atoms with van der Waals surface area (Å²) in [6, 6.07) is 0. The molecule has 0 spiro atoms. The van der Waals surface area contributed by atoms with E-state index in [0.717, 1.165) is 0 Å². The van der Waals surface area contributed by atoms with E-state index in [1.807, 2.05) is 0 Å². The van der Waals surface area contributed by atoms with Gasteiger partial charge in [0.05, 0.1) is 6.61 Å². The number of nitrogens with one attached hydrogen (secondary N) is 1. The molecule has 0 aromatic carbocycles. The van der Waals surface area contributed by atoms with Crippen LogP contribution < -0.4 is 0 Å². The van der Waals surface area contributed by atoms with Crippen molar-refractivity contribution >= 4 is 12.4 Å². The zero-order chi connectivity index (χ0) is 11.7. The lowest BCUT2D eigenvalue weighted by molar-refractivity contribution is -0.233. The fraction of sp³-hybridized carbons (Fsp3) is 0.667. The molecule has 5 N–H and O–H groups in total. The number of hydrogen-bond acceptors (Lipinski definition) is 6. The van der Waals surface area contributed by atoms with E-state index in [2.05, 4.69) is 9.97 Å². The number of H-pyrrole nitrogens is 1. The van der Waals surface area contributed by atoms with Gasteiger partial charge in [-0.15, -0.1) is 12.4 Å². The quantitative estimate of drug-likeness (QED) is 0.437. The molecule has 98 valence electrons. The number of ether oxygens (including phenoxy) is 1. The van der Waals surface area contributed by atoms with Gasteiger partial charge in [-0.25, -0.2) is 4.98 Å². The number of imidazole rings is 1. The Hall–Kier alpha value is -0.700. The highest BCUT2D eigenvalue weighted by Gasteiger charge is 2.44. The SMILES string of the molecule is Cl.OC[C@H]1O[C@@H](c2ncc[nH]2)[C@H](O)[C@@H](O)[C@@H]1O. The lowest BCUT2D eigenvalue weighted by Crippen LogP contribution is -2.55. The van der Waals surface area contributed by atoms with Crippen LogP contribution in [-0.2, 0) is 4.74 Å². The third-order valence-corrected chi connectivity index (χ3v) is 2.68. The van der Waals surface area contributed by atoms with Gasteiger partial charge in [-0.05, 0) is 0 Å². The number of aliphatic hydroxyl groups excluding tert-OH is 4. The average Bonchev–Trinajstić information content (AvgIpc) is 2.80. The van der Waals surface area contributed by atoms with E-state index in [1.54, 1.807) is 6.20 Å². The van der Waals surface area contributed by atoms with Gasteiger partial charge in [0, 0.05) is 12.4 Å². The Bertz CT molecular complexity index is 334. The van der Waals surface area contributed by atoms with Crippen molar-refractivity contribution in [3.8, 4) is 0 Å². The molecule has 0 bridgehead atoms. The van der Waals surface area contributed by atoms with Crippen LogP contribution in [0.5, 0.6) is 0 Å². The Balaban J connectivity index is 0.00000144. The third kappa shape index (κ3) is 2.59. The zero-order valence-corrected chi connectivity index (χ0v) is 9.62. The minimum atomic E-state index is -1.37. The van der Waals surface area contributed by atoms with Crippen molar-refractivity contribution in [1.29, 1.82) is 0 Å². The highest BCUT2D eigenvalue weighted by atomic mass is 35.5. The van der Waals surface area contributed by atoms with Crippen LogP contribution in [0.3, 0.4) is 0 Å². The number of nitrogens with zero attached hydrogens (tertiary/aromatic N) is 1. The summed E-state index contributed by atoms with van der Waals surface area (Å²) in [6.45, 7) is -0.442. The molecule has 1 aromatic heterocycles. The Morgan fingerprint density at radius 2 is 1.94 bits per heavy atom. The normalized spacial score (nSPS) is 37.5. The molecule has 1 aliphatic rings. The molecular weight excluding hydrogens is 252 g/mol. The van der Waals surface area contributed by atoms with Crippen molar-refractivity contribution in [2.24, 2.45) is 0 Å². The molecule has 2 rings (SSSR count). The molecule has 5 atom stereocenters. The van der Waals surface area contributed by atoms with Gasteiger partial charge < -0.3 is 30.1 Å². The monoisotopic (exact) mass is 266 g/mol. The van der Waals surface area contributed by atoms with Gasteiger partial charge in [-0.1, -0.05) is 0 Å². The van der Waals surface area contributed by atoms with Gasteiger partial charge in [0.15, 0.2) is 0 Å². The lowest BCUT2D eigenvalue weighted by Gasteiger charge is -2.39. The molecule has 7 nitrogen and oxygen atoms in total. The fourth-order valence-electron chi connectivity index (χ4n) is 1.76. The van der Waals surface area contributed by atoms with Gasteiger partial charge >= 0.3 is 0 Å². The Morgan fingerprint density at radius 1 is 1.24 bits per heavy atom. The summed E-state index contributed by atoms with van der Waals surface area (Å²) in [6.07, 6.45) is -2.76. The molecule has 0 radical (unpaired) electrons. The molecule has 1 aromatic rings. The van der Waals surface area contributed by atoms with Crippen molar-refractivity contribution in [3.63, 3.8) is 0 Å². The first-order chi connectivity index (χ1) is 7.65. The predicted octanol–water partition coefficient (Wildman–Crippen LogP) is -1.65. The van der Waals surface area contributed by atoms with Crippen LogP contribution in [0.2, 0.25) is 0 Å². The Kier molecular flexibility index (Phi) is 4.87. The number of aliphatic hydroxyl groups is 4. The van der Waals surface area contributed by atoms with Crippen LogP contribution in [0.4, 0.5) is 0 Å². The van der Waals surface area contributed by atoms with Gasteiger partial charge in [0.25, 0.3) is 0 Å². The number of hydrogen-bond donors (Lipinski definition) is 5. The topological polar surface area (TPSA) is 119 Å². The van der Waals surface area contributed by atoms with E-state index in [-0.39, 0.29) is 12.4 Å². The summed E-state index contributed by atoms with van der Waals surface area (Å²) in [5.74, 6) is 0.344. The maximum atomic E-state index is 9.72. The summed E-state index contributed by atoms with van der Waals surface area (Å²) >= 11 is 0. The van der Waals surface area contributed by atoms with Crippen molar-refractivity contribution in [2.45, 2.75) is 30.5 Å². The smallest absolute Gasteiger partial charge is 0.144 e. The standard InChI is InChI=1S/C9H14N2O5.ClH/c12-3-4-5(13)6(14)7(15)8(16-4)9-10-1-2-11-9;/h1-2,4-8,12-15H,3H2,(H,10,11);1H/t4-,5-,6+,7-,8-;/m1./s1. The van der Waals surface area contributed by atoms with Crippen LogP contribution in [0, 0.1) is 0 Å².